The van der Waals surface area contributed by atoms with E-state index in [0.29, 0.717) is 30.6 Å². The molecule has 23 heavy (non-hydrogen) atoms. The number of nitrogens with zero attached hydrogens (tertiary/aromatic N) is 2. The van der Waals surface area contributed by atoms with E-state index < -0.39 is 5.91 Å². The molecule has 1 heterocycles. The van der Waals surface area contributed by atoms with E-state index in [0.717, 1.165) is 5.69 Å². The first kappa shape index (κ1) is 16.7. The zero-order chi connectivity index (χ0) is 16.8. The van der Waals surface area contributed by atoms with Gasteiger partial charge in [-0.3, -0.25) is 14.8 Å². The number of nitrogens with one attached hydrogen (secondary N) is 1. The molecule has 0 unspecified atom stereocenters. The Balaban J connectivity index is 1.88. The average molecular weight is 317 g/mol. The van der Waals surface area contributed by atoms with E-state index in [4.69, 9.17) is 9.73 Å². The number of aromatic nitrogens is 1. The van der Waals surface area contributed by atoms with Gasteiger partial charge in [0.25, 0.3) is 5.91 Å². The summed E-state index contributed by atoms with van der Waals surface area (Å²) < 4.78 is 4.99. The molecular formula is C16H19N3O4. The maximum absolute atomic E-state index is 12.2. The molecule has 2 rings (SSSR count). The molecule has 122 valence electrons. The Morgan fingerprint density at radius 1 is 1.30 bits per heavy atom. The van der Waals surface area contributed by atoms with Crippen LogP contribution >= 0.6 is 0 Å². The smallest absolute Gasteiger partial charge is 0.296 e. The second-order valence-corrected chi connectivity index (χ2v) is 5.34. The minimum atomic E-state index is -0.725. The zero-order valence-electron chi connectivity index (χ0n) is 13.1. The second kappa shape index (κ2) is 7.55. The van der Waals surface area contributed by atoms with E-state index in [-0.39, 0.29) is 11.5 Å². The zero-order valence-corrected chi connectivity index (χ0v) is 13.1. The van der Waals surface area contributed by atoms with Gasteiger partial charge in [-0.25, -0.2) is 5.48 Å². The van der Waals surface area contributed by atoms with Crippen molar-refractivity contribution in [1.29, 1.82) is 0 Å². The van der Waals surface area contributed by atoms with Crippen LogP contribution in [0.15, 0.2) is 34.9 Å². The SMILES string of the molecule is CN(C)c1cccc(C(=O)CCCc2cc(C(=O)NO)no2)c1. The van der Waals surface area contributed by atoms with Crippen molar-refractivity contribution in [2.24, 2.45) is 0 Å². The van der Waals surface area contributed by atoms with E-state index in [9.17, 15) is 9.59 Å². The van der Waals surface area contributed by atoms with Crippen molar-refractivity contribution >= 4 is 17.4 Å². The lowest BCUT2D eigenvalue weighted by atomic mass is 10.0. The molecule has 0 saturated carbocycles. The summed E-state index contributed by atoms with van der Waals surface area (Å²) in [5.74, 6) is -0.170. The fourth-order valence-corrected chi connectivity index (χ4v) is 2.12. The van der Waals surface area contributed by atoms with Gasteiger partial charge in [-0.1, -0.05) is 17.3 Å². The molecule has 0 saturated heterocycles. The third-order valence-corrected chi connectivity index (χ3v) is 3.40. The van der Waals surface area contributed by atoms with Crippen molar-refractivity contribution in [3.63, 3.8) is 0 Å². The lowest BCUT2D eigenvalue weighted by Gasteiger charge is -2.13. The highest BCUT2D eigenvalue weighted by Gasteiger charge is 2.12. The van der Waals surface area contributed by atoms with Crippen molar-refractivity contribution in [2.45, 2.75) is 19.3 Å². The van der Waals surface area contributed by atoms with E-state index >= 15 is 0 Å². The Hall–Kier alpha value is -2.67. The number of carbonyl (C=O) groups is 2. The summed E-state index contributed by atoms with van der Waals surface area (Å²) in [7, 11) is 3.85. The van der Waals surface area contributed by atoms with Crippen LogP contribution in [0, 0.1) is 0 Å². The van der Waals surface area contributed by atoms with Gasteiger partial charge in [0.1, 0.15) is 5.76 Å². The van der Waals surface area contributed by atoms with Gasteiger partial charge in [-0.2, -0.15) is 0 Å². The first-order valence-electron chi connectivity index (χ1n) is 7.22. The molecule has 1 amide bonds. The van der Waals surface area contributed by atoms with Gasteiger partial charge < -0.3 is 9.42 Å². The van der Waals surface area contributed by atoms with Gasteiger partial charge in [0.15, 0.2) is 11.5 Å². The monoisotopic (exact) mass is 317 g/mol. The highest BCUT2D eigenvalue weighted by Crippen LogP contribution is 2.16. The highest BCUT2D eigenvalue weighted by molar-refractivity contribution is 5.96. The lowest BCUT2D eigenvalue weighted by molar-refractivity contribution is 0.0696. The predicted octanol–water partition coefficient (Wildman–Crippen LogP) is 2.07. The third-order valence-electron chi connectivity index (χ3n) is 3.40. The summed E-state index contributed by atoms with van der Waals surface area (Å²) in [6.45, 7) is 0. The van der Waals surface area contributed by atoms with E-state index in [1.807, 2.05) is 37.2 Å². The fourth-order valence-electron chi connectivity index (χ4n) is 2.12. The molecule has 0 bridgehead atoms. The lowest BCUT2D eigenvalue weighted by Crippen LogP contribution is -2.18. The standard InChI is InChI=1S/C16H19N3O4/c1-19(2)12-6-3-5-11(9-12)15(20)8-4-7-13-10-14(18-23-13)16(21)17-22/h3,5-6,9-10,22H,4,7-8H2,1-2H3,(H,17,21). The minimum absolute atomic E-state index is 0.00695. The number of hydrogen-bond acceptors (Lipinski definition) is 6. The summed E-state index contributed by atoms with van der Waals surface area (Å²) >= 11 is 0. The summed E-state index contributed by atoms with van der Waals surface area (Å²) in [5, 5.41) is 12.0. The molecule has 0 atom stereocenters. The van der Waals surface area contributed by atoms with Crippen LogP contribution in [0.5, 0.6) is 0 Å². The Morgan fingerprint density at radius 2 is 2.09 bits per heavy atom. The molecule has 2 N–H and O–H groups in total. The van der Waals surface area contributed by atoms with E-state index in [1.54, 1.807) is 6.07 Å². The molecule has 0 aliphatic heterocycles. The minimum Gasteiger partial charge on any atom is -0.378 e. The van der Waals surface area contributed by atoms with E-state index in [1.165, 1.54) is 11.5 Å². The van der Waals surface area contributed by atoms with Crippen molar-refractivity contribution < 1.29 is 19.3 Å². The Labute approximate surface area is 133 Å². The molecule has 0 radical (unpaired) electrons. The van der Waals surface area contributed by atoms with Crippen LogP contribution in [0.4, 0.5) is 5.69 Å². The maximum atomic E-state index is 12.2. The molecule has 1 aromatic heterocycles. The number of anilines is 1. The normalized spacial score (nSPS) is 10.4. The number of ketones is 1. The van der Waals surface area contributed by atoms with Crippen molar-refractivity contribution in [2.75, 3.05) is 19.0 Å². The number of carbonyl (C=O) groups excluding carboxylic acids is 2. The molecule has 7 heteroatoms. The van der Waals surface area contributed by atoms with Gasteiger partial charge >= 0.3 is 0 Å². The summed E-state index contributed by atoms with van der Waals surface area (Å²) in [4.78, 5) is 25.3. The van der Waals surface area contributed by atoms with Crippen molar-refractivity contribution in [3.8, 4) is 0 Å². The molecular weight excluding hydrogens is 298 g/mol. The number of hydroxylamine groups is 1. The first-order valence-corrected chi connectivity index (χ1v) is 7.22. The number of aryl methyl sites for hydroxylation is 1. The van der Waals surface area contributed by atoms with Gasteiger partial charge in [-0.15, -0.1) is 0 Å². The predicted molar refractivity (Wildman–Crippen MR) is 83.8 cm³/mol. The summed E-state index contributed by atoms with van der Waals surface area (Å²) in [5.41, 5.74) is 3.14. The quantitative estimate of drug-likeness (QED) is 0.461. The van der Waals surface area contributed by atoms with Gasteiger partial charge in [-0.05, 0) is 18.6 Å². The number of hydrogen-bond donors (Lipinski definition) is 2. The van der Waals surface area contributed by atoms with E-state index in [2.05, 4.69) is 5.16 Å². The third kappa shape index (κ3) is 4.40. The number of Topliss-reactive ketones (excluding diaryl/α,β-unsaturated/α-hetero) is 1. The number of benzene rings is 1. The molecule has 7 nitrogen and oxygen atoms in total. The highest BCUT2D eigenvalue weighted by atomic mass is 16.5. The largest absolute Gasteiger partial charge is 0.378 e. The van der Waals surface area contributed by atoms with Crippen LogP contribution in [0.25, 0.3) is 0 Å². The summed E-state index contributed by atoms with van der Waals surface area (Å²) in [6.07, 6.45) is 1.45. The fraction of sp³-hybridized carbons (Fsp3) is 0.312. The van der Waals surface area contributed by atoms with Crippen LogP contribution in [0.3, 0.4) is 0 Å². The molecule has 0 fully saturated rings. The average Bonchev–Trinajstić information content (AvgIpc) is 3.03. The molecule has 0 aliphatic rings. The van der Waals surface area contributed by atoms with Crippen LogP contribution < -0.4 is 10.4 Å². The molecule has 1 aromatic carbocycles. The Bertz CT molecular complexity index is 694. The van der Waals surface area contributed by atoms with Crippen LogP contribution in [-0.2, 0) is 6.42 Å². The molecule has 0 aliphatic carbocycles. The first-order chi connectivity index (χ1) is 11.0. The number of amides is 1. The van der Waals surface area contributed by atoms with Crippen LogP contribution in [0.2, 0.25) is 0 Å². The van der Waals surface area contributed by atoms with Gasteiger partial charge in [0.05, 0.1) is 0 Å². The van der Waals surface area contributed by atoms with Crippen molar-refractivity contribution in [3.05, 3.63) is 47.3 Å². The number of rotatable bonds is 7. The maximum Gasteiger partial charge on any atom is 0.296 e. The topological polar surface area (TPSA) is 95.7 Å². The Morgan fingerprint density at radius 3 is 2.78 bits per heavy atom. The molecule has 0 spiro atoms. The summed E-state index contributed by atoms with van der Waals surface area (Å²) in [6, 6.07) is 8.91. The van der Waals surface area contributed by atoms with Gasteiger partial charge in [0, 0.05) is 44.3 Å². The van der Waals surface area contributed by atoms with Gasteiger partial charge in [0.2, 0.25) is 0 Å². The second-order valence-electron chi connectivity index (χ2n) is 5.34. The van der Waals surface area contributed by atoms with Crippen LogP contribution in [-0.4, -0.2) is 36.1 Å². The van der Waals surface area contributed by atoms with Crippen molar-refractivity contribution in [1.82, 2.24) is 10.6 Å². The Kier molecular flexibility index (Phi) is 5.48. The van der Waals surface area contributed by atoms with Crippen LogP contribution in [0.1, 0.15) is 39.4 Å². The molecule has 2 aromatic rings.